The van der Waals surface area contributed by atoms with Gasteiger partial charge in [-0.1, -0.05) is 0 Å². The summed E-state index contributed by atoms with van der Waals surface area (Å²) in [5, 5.41) is 10.6. The average Bonchev–Trinajstić information content (AvgIpc) is 2.82. The third kappa shape index (κ3) is 2.11. The molecule has 2 aromatic rings. The number of carbonyl (C=O) groups is 1. The SMILES string of the molecule is COc1ccc(-c2cc(C(=O)O)cs2)c(C)c1C. The molecule has 0 bridgehead atoms. The van der Waals surface area contributed by atoms with E-state index in [4.69, 9.17) is 9.84 Å². The molecule has 0 aliphatic rings. The Hall–Kier alpha value is -1.81. The number of aromatic carboxylic acids is 1. The Bertz CT molecular complexity index is 599. The molecular formula is C14H14O3S. The van der Waals surface area contributed by atoms with Crippen molar-refractivity contribution in [2.75, 3.05) is 7.11 Å². The normalized spacial score (nSPS) is 10.4. The van der Waals surface area contributed by atoms with E-state index in [0.717, 1.165) is 27.3 Å². The molecule has 1 aromatic heterocycles. The molecular weight excluding hydrogens is 248 g/mol. The molecule has 4 heteroatoms. The molecule has 0 saturated carbocycles. The number of rotatable bonds is 3. The zero-order chi connectivity index (χ0) is 13.3. The third-order valence-electron chi connectivity index (χ3n) is 3.07. The van der Waals surface area contributed by atoms with Crippen LogP contribution in [0.15, 0.2) is 23.6 Å². The molecule has 0 radical (unpaired) electrons. The fourth-order valence-corrected chi connectivity index (χ4v) is 2.84. The Morgan fingerprint density at radius 2 is 2.00 bits per heavy atom. The first-order chi connectivity index (χ1) is 8.54. The Labute approximate surface area is 110 Å². The number of ether oxygens (including phenoxy) is 1. The molecule has 0 amide bonds. The Balaban J connectivity index is 2.50. The quantitative estimate of drug-likeness (QED) is 0.916. The van der Waals surface area contributed by atoms with Crippen LogP contribution in [0.5, 0.6) is 5.75 Å². The van der Waals surface area contributed by atoms with Crippen molar-refractivity contribution in [3.63, 3.8) is 0 Å². The van der Waals surface area contributed by atoms with Crippen molar-refractivity contribution < 1.29 is 14.6 Å². The molecule has 0 atom stereocenters. The zero-order valence-electron chi connectivity index (χ0n) is 10.5. The number of carboxylic acid groups (broad SMARTS) is 1. The van der Waals surface area contributed by atoms with E-state index in [2.05, 4.69) is 0 Å². The van der Waals surface area contributed by atoms with Crippen LogP contribution >= 0.6 is 11.3 Å². The van der Waals surface area contributed by atoms with Gasteiger partial charge >= 0.3 is 5.97 Å². The van der Waals surface area contributed by atoms with Gasteiger partial charge in [0, 0.05) is 10.3 Å². The molecule has 1 aromatic carbocycles. The second-order valence-corrected chi connectivity index (χ2v) is 4.98. The number of thiophene rings is 1. The second kappa shape index (κ2) is 4.82. The first-order valence-corrected chi connectivity index (χ1v) is 6.39. The van der Waals surface area contributed by atoms with Gasteiger partial charge in [0.1, 0.15) is 5.75 Å². The molecule has 18 heavy (non-hydrogen) atoms. The van der Waals surface area contributed by atoms with Gasteiger partial charge in [-0.05, 0) is 48.7 Å². The molecule has 0 fully saturated rings. The summed E-state index contributed by atoms with van der Waals surface area (Å²) < 4.78 is 5.27. The van der Waals surface area contributed by atoms with Crippen molar-refractivity contribution in [3.8, 4) is 16.2 Å². The van der Waals surface area contributed by atoms with Crippen molar-refractivity contribution in [1.82, 2.24) is 0 Å². The smallest absolute Gasteiger partial charge is 0.336 e. The highest BCUT2D eigenvalue weighted by Crippen LogP contribution is 2.34. The summed E-state index contributed by atoms with van der Waals surface area (Å²) in [4.78, 5) is 11.9. The Kier molecular flexibility index (Phi) is 3.39. The lowest BCUT2D eigenvalue weighted by atomic mass is 10.0. The zero-order valence-corrected chi connectivity index (χ0v) is 11.3. The monoisotopic (exact) mass is 262 g/mol. The van der Waals surface area contributed by atoms with Gasteiger partial charge in [-0.2, -0.15) is 0 Å². The summed E-state index contributed by atoms with van der Waals surface area (Å²) >= 11 is 1.45. The first kappa shape index (κ1) is 12.6. The van der Waals surface area contributed by atoms with Gasteiger partial charge < -0.3 is 9.84 Å². The van der Waals surface area contributed by atoms with Crippen LogP contribution in [0, 0.1) is 13.8 Å². The van der Waals surface area contributed by atoms with Gasteiger partial charge in [-0.3, -0.25) is 0 Å². The van der Waals surface area contributed by atoms with Crippen molar-refractivity contribution in [3.05, 3.63) is 40.3 Å². The molecule has 0 spiro atoms. The van der Waals surface area contributed by atoms with Crippen LogP contribution < -0.4 is 4.74 Å². The van der Waals surface area contributed by atoms with E-state index in [-0.39, 0.29) is 0 Å². The summed E-state index contributed by atoms with van der Waals surface area (Å²) in [7, 11) is 1.65. The minimum absolute atomic E-state index is 0.336. The van der Waals surface area contributed by atoms with Crippen LogP contribution in [-0.2, 0) is 0 Å². The van der Waals surface area contributed by atoms with Crippen molar-refractivity contribution in [2.45, 2.75) is 13.8 Å². The maximum absolute atomic E-state index is 10.9. The van der Waals surface area contributed by atoms with E-state index in [1.54, 1.807) is 18.6 Å². The van der Waals surface area contributed by atoms with Crippen LogP contribution in [0.1, 0.15) is 21.5 Å². The highest BCUT2D eigenvalue weighted by Gasteiger charge is 2.12. The first-order valence-electron chi connectivity index (χ1n) is 5.51. The molecule has 0 unspecified atom stereocenters. The molecule has 1 N–H and O–H groups in total. The lowest BCUT2D eigenvalue weighted by Gasteiger charge is -2.11. The van der Waals surface area contributed by atoms with Crippen LogP contribution in [0.3, 0.4) is 0 Å². The minimum Gasteiger partial charge on any atom is -0.496 e. The summed E-state index contributed by atoms with van der Waals surface area (Å²) in [5.41, 5.74) is 3.60. The fourth-order valence-electron chi connectivity index (χ4n) is 1.87. The number of carboxylic acids is 1. The van der Waals surface area contributed by atoms with Crippen LogP contribution in [-0.4, -0.2) is 18.2 Å². The van der Waals surface area contributed by atoms with Gasteiger partial charge in [0.25, 0.3) is 0 Å². The molecule has 3 nitrogen and oxygen atoms in total. The lowest BCUT2D eigenvalue weighted by molar-refractivity contribution is 0.0697. The average molecular weight is 262 g/mol. The van der Waals surface area contributed by atoms with E-state index in [0.29, 0.717) is 5.56 Å². The van der Waals surface area contributed by atoms with Crippen molar-refractivity contribution in [2.24, 2.45) is 0 Å². The van der Waals surface area contributed by atoms with E-state index in [1.807, 2.05) is 26.0 Å². The van der Waals surface area contributed by atoms with Crippen LogP contribution in [0.25, 0.3) is 10.4 Å². The number of benzene rings is 1. The number of hydrogen-bond donors (Lipinski definition) is 1. The van der Waals surface area contributed by atoms with Gasteiger partial charge in [-0.25, -0.2) is 4.79 Å². The van der Waals surface area contributed by atoms with Gasteiger partial charge in [0.2, 0.25) is 0 Å². The molecule has 0 aliphatic heterocycles. The molecule has 0 saturated heterocycles. The Morgan fingerprint density at radius 1 is 1.28 bits per heavy atom. The number of hydrogen-bond acceptors (Lipinski definition) is 3. The molecule has 0 aliphatic carbocycles. The maximum atomic E-state index is 10.9. The van der Waals surface area contributed by atoms with E-state index >= 15 is 0 Å². The van der Waals surface area contributed by atoms with Crippen LogP contribution in [0.2, 0.25) is 0 Å². The molecule has 94 valence electrons. The van der Waals surface area contributed by atoms with Gasteiger partial charge in [0.15, 0.2) is 0 Å². The van der Waals surface area contributed by atoms with Gasteiger partial charge in [-0.15, -0.1) is 11.3 Å². The van der Waals surface area contributed by atoms with Gasteiger partial charge in [0.05, 0.1) is 12.7 Å². The van der Waals surface area contributed by atoms with E-state index < -0.39 is 5.97 Å². The van der Waals surface area contributed by atoms with E-state index in [1.165, 1.54) is 11.3 Å². The Morgan fingerprint density at radius 3 is 2.56 bits per heavy atom. The number of methoxy groups -OCH3 is 1. The summed E-state index contributed by atoms with van der Waals surface area (Å²) in [6.07, 6.45) is 0. The van der Waals surface area contributed by atoms with Crippen molar-refractivity contribution in [1.29, 1.82) is 0 Å². The standard InChI is InChI=1S/C14H14O3S/c1-8-9(2)12(17-3)5-4-11(8)13-6-10(7-18-13)14(15)16/h4-7H,1-3H3,(H,15,16). The molecule has 2 rings (SSSR count). The highest BCUT2D eigenvalue weighted by molar-refractivity contribution is 7.13. The predicted octanol–water partition coefficient (Wildman–Crippen LogP) is 3.74. The molecule has 1 heterocycles. The summed E-state index contributed by atoms with van der Waals surface area (Å²) in [6.45, 7) is 4.02. The maximum Gasteiger partial charge on any atom is 0.336 e. The van der Waals surface area contributed by atoms with E-state index in [9.17, 15) is 4.79 Å². The highest BCUT2D eigenvalue weighted by atomic mass is 32.1. The predicted molar refractivity (Wildman–Crippen MR) is 72.7 cm³/mol. The summed E-state index contributed by atoms with van der Waals surface area (Å²) in [5.74, 6) is -0.0355. The fraction of sp³-hybridized carbons (Fsp3) is 0.214. The second-order valence-electron chi connectivity index (χ2n) is 4.07. The van der Waals surface area contributed by atoms with Crippen molar-refractivity contribution >= 4 is 17.3 Å². The largest absolute Gasteiger partial charge is 0.496 e. The van der Waals surface area contributed by atoms with Crippen LogP contribution in [0.4, 0.5) is 0 Å². The summed E-state index contributed by atoms with van der Waals surface area (Å²) in [6, 6.07) is 5.59. The minimum atomic E-state index is -0.889. The lowest BCUT2D eigenvalue weighted by Crippen LogP contribution is -1.93. The topological polar surface area (TPSA) is 46.5 Å². The third-order valence-corrected chi connectivity index (χ3v) is 4.03.